The second kappa shape index (κ2) is 8.27. The van der Waals surface area contributed by atoms with Crippen LogP contribution < -0.4 is 5.73 Å². The molecular formula is C15H22FNO2S. The number of halogens is 1. The van der Waals surface area contributed by atoms with Gasteiger partial charge >= 0.3 is 5.97 Å². The standard InChI is InChI=1S/C15H22FNO2S/c1-3-19-14(18)15(2,17)10-4-5-11-20-13-8-6-12(16)7-9-13/h6-9H,3-5,10-11,17H2,1-2H3. The van der Waals surface area contributed by atoms with Crippen LogP contribution in [-0.2, 0) is 9.53 Å². The molecule has 112 valence electrons. The number of hydrogen-bond acceptors (Lipinski definition) is 4. The van der Waals surface area contributed by atoms with E-state index in [2.05, 4.69) is 0 Å². The zero-order valence-electron chi connectivity index (χ0n) is 12.0. The van der Waals surface area contributed by atoms with Gasteiger partial charge in [0.2, 0.25) is 0 Å². The molecule has 0 aliphatic rings. The average Bonchev–Trinajstić information content (AvgIpc) is 2.40. The third-order valence-electron chi connectivity index (χ3n) is 2.91. The maximum Gasteiger partial charge on any atom is 0.325 e. The molecule has 2 N–H and O–H groups in total. The Labute approximate surface area is 124 Å². The minimum absolute atomic E-state index is 0.220. The second-order valence-corrected chi connectivity index (χ2v) is 6.07. The third-order valence-corrected chi connectivity index (χ3v) is 4.01. The lowest BCUT2D eigenvalue weighted by molar-refractivity contribution is -0.149. The van der Waals surface area contributed by atoms with E-state index in [1.807, 2.05) is 0 Å². The summed E-state index contributed by atoms with van der Waals surface area (Å²) in [7, 11) is 0. The van der Waals surface area contributed by atoms with Gasteiger partial charge in [-0.05, 0) is 56.7 Å². The summed E-state index contributed by atoms with van der Waals surface area (Å²) in [6, 6.07) is 6.46. The Hall–Kier alpha value is -1.07. The van der Waals surface area contributed by atoms with Crippen LogP contribution in [0.4, 0.5) is 4.39 Å². The van der Waals surface area contributed by atoms with Crippen LogP contribution in [0, 0.1) is 5.82 Å². The topological polar surface area (TPSA) is 52.3 Å². The Bertz CT molecular complexity index is 420. The van der Waals surface area contributed by atoms with E-state index in [-0.39, 0.29) is 11.8 Å². The van der Waals surface area contributed by atoms with E-state index in [1.54, 1.807) is 37.7 Å². The Morgan fingerprint density at radius 3 is 2.60 bits per heavy atom. The molecule has 0 radical (unpaired) electrons. The summed E-state index contributed by atoms with van der Waals surface area (Å²) in [5.41, 5.74) is 5.03. The Balaban J connectivity index is 2.21. The van der Waals surface area contributed by atoms with Gasteiger partial charge in [-0.2, -0.15) is 0 Å². The van der Waals surface area contributed by atoms with Crippen molar-refractivity contribution in [1.29, 1.82) is 0 Å². The van der Waals surface area contributed by atoms with E-state index in [4.69, 9.17) is 10.5 Å². The van der Waals surface area contributed by atoms with Crippen LogP contribution in [0.1, 0.15) is 33.1 Å². The fraction of sp³-hybridized carbons (Fsp3) is 0.533. The lowest BCUT2D eigenvalue weighted by atomic mass is 9.96. The fourth-order valence-electron chi connectivity index (χ4n) is 1.71. The first-order valence-electron chi connectivity index (χ1n) is 6.80. The van der Waals surface area contributed by atoms with Gasteiger partial charge in [-0.3, -0.25) is 4.79 Å². The van der Waals surface area contributed by atoms with Crippen molar-refractivity contribution in [2.24, 2.45) is 5.73 Å². The summed E-state index contributed by atoms with van der Waals surface area (Å²) in [5, 5.41) is 0. The molecule has 20 heavy (non-hydrogen) atoms. The van der Waals surface area contributed by atoms with Gasteiger partial charge in [0.15, 0.2) is 0 Å². The minimum atomic E-state index is -0.906. The van der Waals surface area contributed by atoms with Crippen molar-refractivity contribution in [2.45, 2.75) is 43.5 Å². The Morgan fingerprint density at radius 1 is 1.35 bits per heavy atom. The van der Waals surface area contributed by atoms with E-state index in [0.29, 0.717) is 13.0 Å². The SMILES string of the molecule is CCOC(=O)C(C)(N)CCCCSc1ccc(F)cc1. The van der Waals surface area contributed by atoms with Gasteiger partial charge in [0, 0.05) is 4.90 Å². The largest absolute Gasteiger partial charge is 0.465 e. The molecule has 1 unspecified atom stereocenters. The molecule has 0 saturated carbocycles. The van der Waals surface area contributed by atoms with Gasteiger partial charge in [0.25, 0.3) is 0 Å². The molecule has 1 rings (SSSR count). The molecule has 0 amide bonds. The molecule has 0 fully saturated rings. The summed E-state index contributed by atoms with van der Waals surface area (Å²) in [4.78, 5) is 12.6. The molecule has 1 atom stereocenters. The van der Waals surface area contributed by atoms with Crippen molar-refractivity contribution in [1.82, 2.24) is 0 Å². The number of thioether (sulfide) groups is 1. The number of unbranched alkanes of at least 4 members (excludes halogenated alkanes) is 1. The normalized spacial score (nSPS) is 13.8. The van der Waals surface area contributed by atoms with Gasteiger partial charge in [-0.1, -0.05) is 6.42 Å². The van der Waals surface area contributed by atoms with Gasteiger partial charge in [0.1, 0.15) is 11.4 Å². The highest BCUT2D eigenvalue weighted by molar-refractivity contribution is 7.99. The Morgan fingerprint density at radius 2 is 2.00 bits per heavy atom. The number of esters is 1. The molecule has 0 aliphatic carbocycles. The highest BCUT2D eigenvalue weighted by Gasteiger charge is 2.28. The van der Waals surface area contributed by atoms with Crippen LogP contribution in [0.5, 0.6) is 0 Å². The van der Waals surface area contributed by atoms with Crippen LogP contribution in [0.3, 0.4) is 0 Å². The number of rotatable bonds is 8. The van der Waals surface area contributed by atoms with E-state index in [0.717, 1.165) is 23.5 Å². The van der Waals surface area contributed by atoms with Gasteiger partial charge < -0.3 is 10.5 Å². The van der Waals surface area contributed by atoms with Crippen molar-refractivity contribution in [3.63, 3.8) is 0 Å². The van der Waals surface area contributed by atoms with E-state index >= 15 is 0 Å². The zero-order chi connectivity index (χ0) is 15.0. The van der Waals surface area contributed by atoms with Crippen LogP contribution in [0.2, 0.25) is 0 Å². The maximum absolute atomic E-state index is 12.7. The summed E-state index contributed by atoms with van der Waals surface area (Å²) < 4.78 is 17.7. The number of carbonyl (C=O) groups is 1. The van der Waals surface area contributed by atoms with Gasteiger partial charge in [-0.25, -0.2) is 4.39 Å². The van der Waals surface area contributed by atoms with Crippen molar-refractivity contribution in [3.05, 3.63) is 30.1 Å². The number of nitrogens with two attached hydrogens (primary N) is 1. The van der Waals surface area contributed by atoms with Crippen LogP contribution in [0.25, 0.3) is 0 Å². The predicted molar refractivity (Wildman–Crippen MR) is 80.2 cm³/mol. The van der Waals surface area contributed by atoms with Crippen LogP contribution in [-0.4, -0.2) is 23.9 Å². The third kappa shape index (κ3) is 5.92. The zero-order valence-corrected chi connectivity index (χ0v) is 12.8. The van der Waals surface area contributed by atoms with Crippen molar-refractivity contribution < 1.29 is 13.9 Å². The first-order valence-corrected chi connectivity index (χ1v) is 7.79. The Kier molecular flexibility index (Phi) is 7.02. The number of benzene rings is 1. The first kappa shape index (κ1) is 17.0. The maximum atomic E-state index is 12.7. The van der Waals surface area contributed by atoms with Crippen molar-refractivity contribution in [3.8, 4) is 0 Å². The molecule has 1 aromatic carbocycles. The molecule has 0 saturated heterocycles. The average molecular weight is 299 g/mol. The summed E-state index contributed by atoms with van der Waals surface area (Å²) >= 11 is 1.67. The number of hydrogen-bond donors (Lipinski definition) is 1. The fourth-order valence-corrected chi connectivity index (χ4v) is 2.63. The number of carbonyl (C=O) groups excluding carboxylic acids is 1. The van der Waals surface area contributed by atoms with Gasteiger partial charge in [0.05, 0.1) is 6.61 Å². The smallest absolute Gasteiger partial charge is 0.325 e. The van der Waals surface area contributed by atoms with Crippen LogP contribution >= 0.6 is 11.8 Å². The predicted octanol–water partition coefficient (Wildman–Crippen LogP) is 3.37. The minimum Gasteiger partial charge on any atom is -0.465 e. The van der Waals surface area contributed by atoms with Crippen LogP contribution in [0.15, 0.2) is 29.2 Å². The van der Waals surface area contributed by atoms with Gasteiger partial charge in [-0.15, -0.1) is 11.8 Å². The van der Waals surface area contributed by atoms with E-state index in [1.165, 1.54) is 12.1 Å². The van der Waals surface area contributed by atoms with Crippen molar-refractivity contribution >= 4 is 17.7 Å². The first-order chi connectivity index (χ1) is 9.45. The molecule has 5 heteroatoms. The lowest BCUT2D eigenvalue weighted by Crippen LogP contribution is -2.46. The van der Waals surface area contributed by atoms with E-state index < -0.39 is 5.54 Å². The molecule has 0 spiro atoms. The van der Waals surface area contributed by atoms with E-state index in [9.17, 15) is 9.18 Å². The molecule has 0 aliphatic heterocycles. The lowest BCUT2D eigenvalue weighted by Gasteiger charge is -2.21. The molecule has 0 bridgehead atoms. The molecular weight excluding hydrogens is 277 g/mol. The highest BCUT2D eigenvalue weighted by atomic mass is 32.2. The summed E-state index contributed by atoms with van der Waals surface area (Å²) in [5.74, 6) is 0.360. The van der Waals surface area contributed by atoms with Crippen molar-refractivity contribution in [2.75, 3.05) is 12.4 Å². The molecule has 0 aromatic heterocycles. The summed E-state index contributed by atoms with van der Waals surface area (Å²) in [6.07, 6.45) is 2.42. The second-order valence-electron chi connectivity index (χ2n) is 4.90. The summed E-state index contributed by atoms with van der Waals surface area (Å²) in [6.45, 7) is 3.83. The highest BCUT2D eigenvalue weighted by Crippen LogP contribution is 2.21. The number of ether oxygens (including phenoxy) is 1. The monoisotopic (exact) mass is 299 g/mol. The molecule has 0 heterocycles. The molecule has 1 aromatic rings. The molecule has 3 nitrogen and oxygen atoms in total. The quantitative estimate of drug-likeness (QED) is 0.454.